The molecule has 0 fully saturated rings. The Bertz CT molecular complexity index is 1430. The number of unbranched alkanes of at least 4 members (excludes halogenated alkanes) is 2. The van der Waals surface area contributed by atoms with Gasteiger partial charge in [-0.05, 0) is 56.2 Å². The molecule has 1 N–H and O–H groups in total. The molecule has 10 heteroatoms. The van der Waals surface area contributed by atoms with Crippen molar-refractivity contribution in [3.63, 3.8) is 0 Å². The number of nitrogens with zero attached hydrogens (tertiary/aromatic N) is 5. The number of methoxy groups -OCH3 is 2. The van der Waals surface area contributed by atoms with Gasteiger partial charge in [0, 0.05) is 24.4 Å². The zero-order valence-corrected chi connectivity index (χ0v) is 23.6. The van der Waals surface area contributed by atoms with Gasteiger partial charge in [-0.15, -0.1) is 26.6 Å². The summed E-state index contributed by atoms with van der Waals surface area (Å²) in [6.45, 7) is 8.44. The van der Waals surface area contributed by atoms with Gasteiger partial charge in [0.05, 0.1) is 30.0 Å². The van der Waals surface area contributed by atoms with Crippen molar-refractivity contribution in [3.8, 4) is 22.9 Å². The van der Waals surface area contributed by atoms with Crippen LogP contribution in [0.5, 0.6) is 11.5 Å². The maximum atomic E-state index is 12.7. The molecule has 3 heterocycles. The maximum absolute atomic E-state index is 12.7. The fourth-order valence-corrected chi connectivity index (χ4v) is 5.26. The molecule has 4 rings (SSSR count). The average Bonchev–Trinajstić information content (AvgIpc) is 3.65. The second-order valence-corrected chi connectivity index (χ2v) is 10.1. The van der Waals surface area contributed by atoms with Crippen molar-refractivity contribution >= 4 is 39.8 Å². The molecule has 0 bridgehead atoms. The lowest BCUT2D eigenvalue weighted by Gasteiger charge is -2.20. The van der Waals surface area contributed by atoms with E-state index in [0.29, 0.717) is 40.8 Å². The van der Waals surface area contributed by atoms with Crippen LogP contribution in [0.1, 0.15) is 57.8 Å². The SMILES string of the molecule is CCCCC(=O)Nc1nn2c(-c3cc(OC)ccc3OC)nnc2/c1=C\c1ccc(N(CC)CCCC)s1. The number of fused-ring (bicyclic) bond motifs is 1. The lowest BCUT2D eigenvalue weighted by Crippen LogP contribution is -2.22. The Hall–Kier alpha value is -3.66. The molecule has 9 nitrogen and oxygen atoms in total. The Morgan fingerprint density at radius 1 is 1.08 bits per heavy atom. The Kier molecular flexibility index (Phi) is 9.17. The normalized spacial score (nSPS) is 11.8. The van der Waals surface area contributed by atoms with Crippen LogP contribution in [-0.2, 0) is 4.79 Å². The molecule has 1 amide bonds. The molecule has 0 spiro atoms. The summed E-state index contributed by atoms with van der Waals surface area (Å²) in [6.07, 6.45) is 6.54. The molecule has 4 aromatic rings. The molecule has 1 aromatic carbocycles. The van der Waals surface area contributed by atoms with Crippen molar-refractivity contribution in [2.45, 2.75) is 52.9 Å². The summed E-state index contributed by atoms with van der Waals surface area (Å²) in [5, 5.41) is 18.6. The number of hydrogen-bond donors (Lipinski definition) is 1. The molecule has 3 aromatic heterocycles. The van der Waals surface area contributed by atoms with Gasteiger partial charge in [0.1, 0.15) is 11.5 Å². The first-order chi connectivity index (χ1) is 18.5. The van der Waals surface area contributed by atoms with Gasteiger partial charge in [-0.3, -0.25) is 4.79 Å². The van der Waals surface area contributed by atoms with Gasteiger partial charge in [-0.2, -0.15) is 4.52 Å². The van der Waals surface area contributed by atoms with E-state index < -0.39 is 0 Å². The minimum atomic E-state index is -0.0701. The second-order valence-electron chi connectivity index (χ2n) is 8.99. The number of nitrogens with one attached hydrogen (secondary N) is 1. The minimum absolute atomic E-state index is 0.0701. The summed E-state index contributed by atoms with van der Waals surface area (Å²) in [5.41, 5.74) is 1.25. The lowest BCUT2D eigenvalue weighted by atomic mass is 10.2. The first-order valence-electron chi connectivity index (χ1n) is 13.2. The summed E-state index contributed by atoms with van der Waals surface area (Å²) >= 11 is 1.71. The van der Waals surface area contributed by atoms with E-state index in [1.807, 2.05) is 24.3 Å². The number of benzene rings is 1. The number of hydrogen-bond acceptors (Lipinski definition) is 8. The topological polar surface area (TPSA) is 93.9 Å². The first kappa shape index (κ1) is 27.4. The first-order valence-corrected chi connectivity index (χ1v) is 14.0. The molecule has 0 saturated heterocycles. The molecular formula is C28H36N6O3S. The van der Waals surface area contributed by atoms with Crippen molar-refractivity contribution in [2.75, 3.05) is 37.5 Å². The Morgan fingerprint density at radius 2 is 1.89 bits per heavy atom. The van der Waals surface area contributed by atoms with Crippen LogP contribution in [0, 0.1) is 0 Å². The Labute approximate surface area is 227 Å². The molecule has 0 aliphatic rings. The highest BCUT2D eigenvalue weighted by atomic mass is 32.1. The summed E-state index contributed by atoms with van der Waals surface area (Å²) in [6, 6.07) is 9.74. The third-order valence-electron chi connectivity index (χ3n) is 6.37. The van der Waals surface area contributed by atoms with Gasteiger partial charge in [-0.25, -0.2) is 0 Å². The number of carbonyl (C=O) groups excluding carboxylic acids is 1. The molecule has 0 unspecified atom stereocenters. The number of anilines is 2. The predicted molar refractivity (Wildman–Crippen MR) is 153 cm³/mol. The zero-order chi connectivity index (χ0) is 27.1. The van der Waals surface area contributed by atoms with Crippen LogP contribution < -0.4 is 24.9 Å². The number of carbonyl (C=O) groups is 1. The monoisotopic (exact) mass is 536 g/mol. The van der Waals surface area contributed by atoms with E-state index in [1.165, 1.54) is 5.00 Å². The standard InChI is InChI=1S/C28H36N6O3S/c1-6-9-11-24(35)29-26-22(18-20-13-15-25(38-20)33(8-3)16-10-7-2)28-31-30-27(34(28)32-26)21-17-19(36-4)12-14-23(21)37-5/h12-15,17-18H,6-11,16H2,1-5H3,(H,29,32,35)/b22-18-. The summed E-state index contributed by atoms with van der Waals surface area (Å²) in [7, 11) is 3.22. The van der Waals surface area contributed by atoms with E-state index in [1.54, 1.807) is 30.1 Å². The van der Waals surface area contributed by atoms with E-state index in [0.717, 1.165) is 48.9 Å². The highest BCUT2D eigenvalue weighted by Gasteiger charge is 2.20. The van der Waals surface area contributed by atoms with Crippen LogP contribution in [0.25, 0.3) is 23.1 Å². The van der Waals surface area contributed by atoms with Gasteiger partial charge < -0.3 is 19.7 Å². The quantitative estimate of drug-likeness (QED) is 0.252. The fraction of sp³-hybridized carbons (Fsp3) is 0.429. The molecule has 38 heavy (non-hydrogen) atoms. The van der Waals surface area contributed by atoms with Gasteiger partial charge in [0.15, 0.2) is 17.3 Å². The van der Waals surface area contributed by atoms with Gasteiger partial charge in [-0.1, -0.05) is 26.7 Å². The highest BCUT2D eigenvalue weighted by Crippen LogP contribution is 2.32. The summed E-state index contributed by atoms with van der Waals surface area (Å²) in [5.74, 6) is 2.19. The molecule has 0 saturated carbocycles. The van der Waals surface area contributed by atoms with Crippen LogP contribution in [0.4, 0.5) is 10.8 Å². The van der Waals surface area contributed by atoms with Crippen molar-refractivity contribution in [2.24, 2.45) is 0 Å². The summed E-state index contributed by atoms with van der Waals surface area (Å²) < 4.78 is 12.7. The zero-order valence-electron chi connectivity index (χ0n) is 22.8. The van der Waals surface area contributed by atoms with Crippen LogP contribution in [-0.4, -0.2) is 53.0 Å². The van der Waals surface area contributed by atoms with E-state index in [-0.39, 0.29) is 5.91 Å². The predicted octanol–water partition coefficient (Wildman–Crippen LogP) is 5.17. The third kappa shape index (κ3) is 5.91. The van der Waals surface area contributed by atoms with E-state index in [4.69, 9.17) is 14.6 Å². The van der Waals surface area contributed by atoms with E-state index in [9.17, 15) is 4.79 Å². The summed E-state index contributed by atoms with van der Waals surface area (Å²) in [4.78, 5) is 16.1. The smallest absolute Gasteiger partial charge is 0.225 e. The van der Waals surface area contributed by atoms with Gasteiger partial charge in [0.2, 0.25) is 5.91 Å². The molecule has 0 aliphatic heterocycles. The van der Waals surface area contributed by atoms with Crippen LogP contribution in [0.15, 0.2) is 30.3 Å². The fourth-order valence-electron chi connectivity index (χ4n) is 4.22. The van der Waals surface area contributed by atoms with Gasteiger partial charge >= 0.3 is 0 Å². The Balaban J connectivity index is 1.82. The van der Waals surface area contributed by atoms with Crippen molar-refractivity contribution in [3.05, 3.63) is 40.4 Å². The van der Waals surface area contributed by atoms with Crippen LogP contribution >= 0.6 is 11.3 Å². The number of thiophene rings is 1. The lowest BCUT2D eigenvalue weighted by molar-refractivity contribution is -0.116. The second kappa shape index (κ2) is 12.7. The van der Waals surface area contributed by atoms with Crippen molar-refractivity contribution < 1.29 is 14.3 Å². The van der Waals surface area contributed by atoms with E-state index in [2.05, 4.69) is 53.3 Å². The number of aromatic nitrogens is 4. The molecule has 0 atom stereocenters. The number of rotatable bonds is 13. The Morgan fingerprint density at radius 3 is 2.61 bits per heavy atom. The van der Waals surface area contributed by atoms with E-state index >= 15 is 0 Å². The highest BCUT2D eigenvalue weighted by molar-refractivity contribution is 7.16. The number of ether oxygens (including phenoxy) is 2. The van der Waals surface area contributed by atoms with Crippen LogP contribution in [0.2, 0.25) is 0 Å². The van der Waals surface area contributed by atoms with Gasteiger partial charge in [0.25, 0.3) is 0 Å². The third-order valence-corrected chi connectivity index (χ3v) is 7.47. The molecule has 0 aliphatic carbocycles. The largest absolute Gasteiger partial charge is 0.497 e. The maximum Gasteiger partial charge on any atom is 0.225 e. The minimum Gasteiger partial charge on any atom is -0.497 e. The molecule has 0 radical (unpaired) electrons. The average molecular weight is 537 g/mol. The van der Waals surface area contributed by atoms with Crippen LogP contribution in [0.3, 0.4) is 0 Å². The van der Waals surface area contributed by atoms with Crippen molar-refractivity contribution in [1.29, 1.82) is 0 Å². The molecule has 202 valence electrons. The number of amides is 1. The van der Waals surface area contributed by atoms with Crippen molar-refractivity contribution in [1.82, 2.24) is 19.8 Å². The molecular weight excluding hydrogens is 500 g/mol.